The Bertz CT molecular complexity index is 1600. The van der Waals surface area contributed by atoms with E-state index in [1.165, 1.54) is 22.9 Å². The number of rotatable bonds is 6. The van der Waals surface area contributed by atoms with Gasteiger partial charge in [-0.1, -0.05) is 29.8 Å². The van der Waals surface area contributed by atoms with Crippen molar-refractivity contribution in [2.75, 3.05) is 0 Å². The largest absolute Gasteiger partial charge is 0.320 e. The van der Waals surface area contributed by atoms with Gasteiger partial charge in [0, 0.05) is 12.1 Å². The van der Waals surface area contributed by atoms with Crippen LogP contribution in [0.15, 0.2) is 67.3 Å². The van der Waals surface area contributed by atoms with E-state index >= 15 is 0 Å². The normalized spacial score (nSPS) is 11.8. The maximum Gasteiger partial charge on any atom is 0.191 e. The number of allylic oxidation sites excluding steroid dienone is 2. The first kappa shape index (κ1) is 21.9. The summed E-state index contributed by atoms with van der Waals surface area (Å²) in [7, 11) is 0. The van der Waals surface area contributed by atoms with Crippen LogP contribution in [-0.4, -0.2) is 29.7 Å². The molecule has 3 heterocycles. The van der Waals surface area contributed by atoms with Crippen molar-refractivity contribution in [3.63, 3.8) is 0 Å². The van der Waals surface area contributed by atoms with Gasteiger partial charge in [-0.05, 0) is 62.4 Å². The standard InChI is InChI=1S/C26H21ClFN5O/c1-4-15-31-21-7-5-6-8-22(21)33-26(31)24(17(3)30-33)23(34)14-13-20-16(2)29-32(25(20)27)19-11-9-18(28)10-12-19/h4-14H,1,15H2,2-3H3. The number of carbonyl (C=O) groups excluding carboxylic acids is 1. The summed E-state index contributed by atoms with van der Waals surface area (Å²) in [5.74, 6) is -0.531. The highest BCUT2D eigenvalue weighted by Crippen LogP contribution is 2.28. The molecule has 0 aliphatic rings. The molecule has 0 radical (unpaired) electrons. The van der Waals surface area contributed by atoms with Gasteiger partial charge >= 0.3 is 0 Å². The Hall–Kier alpha value is -3.97. The maximum atomic E-state index is 13.4. The molecule has 0 aliphatic carbocycles. The number of carbonyl (C=O) groups is 1. The number of para-hydroxylation sites is 2. The lowest BCUT2D eigenvalue weighted by Gasteiger charge is -2.03. The average molecular weight is 474 g/mol. The molecular formula is C26H21ClFN5O. The minimum Gasteiger partial charge on any atom is -0.320 e. The van der Waals surface area contributed by atoms with Gasteiger partial charge in [0.1, 0.15) is 16.6 Å². The van der Waals surface area contributed by atoms with Crippen LogP contribution in [-0.2, 0) is 6.54 Å². The highest BCUT2D eigenvalue weighted by atomic mass is 35.5. The van der Waals surface area contributed by atoms with E-state index in [2.05, 4.69) is 16.8 Å². The van der Waals surface area contributed by atoms with Crippen molar-refractivity contribution in [3.05, 3.63) is 101 Å². The number of benzene rings is 2. The molecule has 5 rings (SSSR count). The molecule has 0 aliphatic heterocycles. The van der Waals surface area contributed by atoms with Gasteiger partial charge in [-0.15, -0.1) is 6.58 Å². The first-order valence-corrected chi connectivity index (χ1v) is 11.1. The van der Waals surface area contributed by atoms with Crippen LogP contribution in [0.2, 0.25) is 5.15 Å². The number of halogens is 2. The maximum absolute atomic E-state index is 13.4. The third-order valence-electron chi connectivity index (χ3n) is 5.77. The molecule has 0 spiro atoms. The fourth-order valence-corrected chi connectivity index (χ4v) is 4.55. The topological polar surface area (TPSA) is 57.1 Å². The number of aryl methyl sites for hydroxylation is 2. The second-order valence-electron chi connectivity index (χ2n) is 7.96. The van der Waals surface area contributed by atoms with Crippen LogP contribution >= 0.6 is 11.6 Å². The molecule has 8 heteroatoms. The van der Waals surface area contributed by atoms with Gasteiger partial charge in [0.25, 0.3) is 0 Å². The summed E-state index contributed by atoms with van der Waals surface area (Å²) in [5.41, 5.74) is 5.67. The van der Waals surface area contributed by atoms with Crippen LogP contribution in [0, 0.1) is 19.7 Å². The monoisotopic (exact) mass is 473 g/mol. The Morgan fingerprint density at radius 3 is 2.47 bits per heavy atom. The number of nitrogens with zero attached hydrogens (tertiary/aromatic N) is 5. The van der Waals surface area contributed by atoms with Gasteiger partial charge in [-0.2, -0.15) is 10.2 Å². The Labute approximate surface area is 200 Å². The van der Waals surface area contributed by atoms with Crippen LogP contribution in [0.25, 0.3) is 28.4 Å². The van der Waals surface area contributed by atoms with E-state index in [4.69, 9.17) is 11.6 Å². The molecule has 34 heavy (non-hydrogen) atoms. The molecule has 0 atom stereocenters. The summed E-state index contributed by atoms with van der Waals surface area (Å²) >= 11 is 6.57. The summed E-state index contributed by atoms with van der Waals surface area (Å²) in [6.45, 7) is 8.04. The fraction of sp³-hybridized carbons (Fsp3) is 0.115. The van der Waals surface area contributed by atoms with Crippen LogP contribution in [0.5, 0.6) is 0 Å². The van der Waals surface area contributed by atoms with Crippen LogP contribution in [0.4, 0.5) is 4.39 Å². The van der Waals surface area contributed by atoms with Crippen molar-refractivity contribution in [1.82, 2.24) is 24.0 Å². The van der Waals surface area contributed by atoms with E-state index in [0.717, 1.165) is 16.7 Å². The van der Waals surface area contributed by atoms with Crippen molar-refractivity contribution < 1.29 is 9.18 Å². The number of fused-ring (bicyclic) bond motifs is 3. The molecule has 0 unspecified atom stereocenters. The van der Waals surface area contributed by atoms with Gasteiger partial charge in [-0.25, -0.2) is 13.6 Å². The second-order valence-corrected chi connectivity index (χ2v) is 8.32. The van der Waals surface area contributed by atoms with E-state index in [1.54, 1.807) is 35.7 Å². The van der Waals surface area contributed by atoms with E-state index in [0.29, 0.717) is 39.9 Å². The Kier molecular flexibility index (Phi) is 5.42. The summed E-state index contributed by atoms with van der Waals surface area (Å²) in [6, 6.07) is 13.8. The van der Waals surface area contributed by atoms with Crippen molar-refractivity contribution in [2.45, 2.75) is 20.4 Å². The predicted octanol–water partition coefficient (Wildman–Crippen LogP) is 5.97. The number of hydrogen-bond acceptors (Lipinski definition) is 3. The van der Waals surface area contributed by atoms with Crippen LogP contribution in [0.1, 0.15) is 27.3 Å². The first-order valence-electron chi connectivity index (χ1n) is 10.7. The van der Waals surface area contributed by atoms with Crippen LogP contribution < -0.4 is 0 Å². The molecular weight excluding hydrogens is 453 g/mol. The number of ketones is 1. The van der Waals surface area contributed by atoms with E-state index in [-0.39, 0.29) is 11.6 Å². The zero-order valence-electron chi connectivity index (χ0n) is 18.7. The van der Waals surface area contributed by atoms with E-state index in [9.17, 15) is 9.18 Å². The van der Waals surface area contributed by atoms with Gasteiger partial charge in [0.2, 0.25) is 0 Å². The molecule has 0 amide bonds. The zero-order valence-corrected chi connectivity index (χ0v) is 19.4. The Morgan fingerprint density at radius 2 is 1.76 bits per heavy atom. The summed E-state index contributed by atoms with van der Waals surface area (Å²) < 4.78 is 18.7. The SMILES string of the molecule is C=CCn1c2ccccc2n2nc(C)c(C(=O)C=Cc3c(C)nn(-c4ccc(F)cc4)c3Cl)c12. The quantitative estimate of drug-likeness (QED) is 0.173. The highest BCUT2D eigenvalue weighted by molar-refractivity contribution is 6.31. The Balaban J connectivity index is 1.57. The third-order valence-corrected chi connectivity index (χ3v) is 6.13. The molecule has 0 fully saturated rings. The fourth-order valence-electron chi connectivity index (χ4n) is 4.22. The molecule has 6 nitrogen and oxygen atoms in total. The molecule has 0 N–H and O–H groups in total. The minimum atomic E-state index is -0.341. The van der Waals surface area contributed by atoms with Crippen molar-refractivity contribution >= 4 is 40.1 Å². The van der Waals surface area contributed by atoms with Gasteiger partial charge in [-0.3, -0.25) is 4.79 Å². The molecule has 0 saturated carbocycles. The lowest BCUT2D eigenvalue weighted by Crippen LogP contribution is -2.02. The van der Waals surface area contributed by atoms with E-state index < -0.39 is 0 Å². The van der Waals surface area contributed by atoms with E-state index in [1.807, 2.05) is 35.8 Å². The molecule has 5 aromatic rings. The highest BCUT2D eigenvalue weighted by Gasteiger charge is 2.22. The number of imidazole rings is 1. The summed E-state index contributed by atoms with van der Waals surface area (Å²) in [6.07, 6.45) is 4.95. The minimum absolute atomic E-state index is 0.189. The lowest BCUT2D eigenvalue weighted by molar-refractivity contribution is 0.104. The third kappa shape index (κ3) is 3.45. The number of hydrogen-bond donors (Lipinski definition) is 0. The van der Waals surface area contributed by atoms with Crippen molar-refractivity contribution in [2.24, 2.45) is 0 Å². The van der Waals surface area contributed by atoms with Crippen LogP contribution in [0.3, 0.4) is 0 Å². The Morgan fingerprint density at radius 1 is 1.06 bits per heavy atom. The van der Waals surface area contributed by atoms with Gasteiger partial charge in [0.15, 0.2) is 5.78 Å². The first-order chi connectivity index (χ1) is 16.4. The van der Waals surface area contributed by atoms with Gasteiger partial charge in [0.05, 0.1) is 33.7 Å². The number of aromatic nitrogens is 5. The smallest absolute Gasteiger partial charge is 0.191 e. The molecule has 3 aromatic heterocycles. The zero-order chi connectivity index (χ0) is 24.0. The van der Waals surface area contributed by atoms with Gasteiger partial charge < -0.3 is 4.57 Å². The predicted molar refractivity (Wildman–Crippen MR) is 132 cm³/mol. The molecule has 0 bridgehead atoms. The molecule has 2 aromatic carbocycles. The molecule has 0 saturated heterocycles. The second kappa shape index (κ2) is 8.43. The molecule has 170 valence electrons. The van der Waals surface area contributed by atoms with Crippen molar-refractivity contribution in [1.29, 1.82) is 0 Å². The summed E-state index contributed by atoms with van der Waals surface area (Å²) in [4.78, 5) is 13.4. The average Bonchev–Trinajstić information content (AvgIpc) is 3.42. The summed E-state index contributed by atoms with van der Waals surface area (Å²) in [5, 5.41) is 9.43. The van der Waals surface area contributed by atoms with Crippen molar-refractivity contribution in [3.8, 4) is 5.69 Å². The lowest BCUT2D eigenvalue weighted by atomic mass is 10.1.